The van der Waals surface area contributed by atoms with Crippen LogP contribution in [0.15, 0.2) is 58.9 Å². The molecule has 7 nitrogen and oxygen atoms in total. The van der Waals surface area contributed by atoms with Crippen LogP contribution in [0, 0.1) is 6.92 Å². The average molecular weight is 435 g/mol. The van der Waals surface area contributed by atoms with E-state index in [4.69, 9.17) is 9.40 Å². The Hall–Kier alpha value is -3.39. The molecule has 0 spiro atoms. The average Bonchev–Trinajstić information content (AvgIpc) is 3.53. The molecule has 0 N–H and O–H groups in total. The Bertz CT molecular complexity index is 1220. The molecule has 0 radical (unpaired) electrons. The highest BCUT2D eigenvalue weighted by atomic mass is 32.1. The number of aryl methyl sites for hydroxylation is 1. The van der Waals surface area contributed by atoms with E-state index in [9.17, 15) is 9.59 Å². The summed E-state index contributed by atoms with van der Waals surface area (Å²) in [6.07, 6.45) is 5.27. The van der Waals surface area contributed by atoms with Crippen molar-refractivity contribution in [2.45, 2.75) is 13.3 Å². The number of aromatic nitrogens is 2. The molecular weight excluding hydrogens is 412 g/mol. The van der Waals surface area contributed by atoms with Crippen molar-refractivity contribution in [3.05, 3.63) is 71.3 Å². The minimum atomic E-state index is -0.0533. The number of nitrogens with zero attached hydrogens (tertiary/aromatic N) is 4. The summed E-state index contributed by atoms with van der Waals surface area (Å²) in [6.45, 7) is 4.18. The van der Waals surface area contributed by atoms with Crippen LogP contribution in [0.1, 0.15) is 21.6 Å². The van der Waals surface area contributed by atoms with E-state index in [1.165, 1.54) is 18.1 Å². The number of imidazole rings is 1. The summed E-state index contributed by atoms with van der Waals surface area (Å²) in [4.78, 5) is 34.5. The Morgan fingerprint density at radius 2 is 1.81 bits per heavy atom. The molecule has 0 unspecified atom stereocenters. The van der Waals surface area contributed by atoms with E-state index in [-0.39, 0.29) is 11.8 Å². The van der Waals surface area contributed by atoms with Crippen molar-refractivity contribution in [2.24, 2.45) is 0 Å². The van der Waals surface area contributed by atoms with Crippen molar-refractivity contribution in [1.29, 1.82) is 0 Å². The number of fused-ring (bicyclic) bond motifs is 1. The van der Waals surface area contributed by atoms with Crippen molar-refractivity contribution in [2.75, 3.05) is 26.2 Å². The van der Waals surface area contributed by atoms with Crippen LogP contribution in [0.5, 0.6) is 0 Å². The van der Waals surface area contributed by atoms with Crippen molar-refractivity contribution in [3.8, 4) is 11.3 Å². The zero-order chi connectivity index (χ0) is 21.4. The van der Waals surface area contributed by atoms with Crippen molar-refractivity contribution in [3.63, 3.8) is 0 Å². The molecule has 0 aliphatic carbocycles. The molecule has 0 saturated carbocycles. The van der Waals surface area contributed by atoms with Crippen LogP contribution in [0.25, 0.3) is 16.2 Å². The number of piperazine rings is 1. The van der Waals surface area contributed by atoms with Crippen molar-refractivity contribution >= 4 is 28.1 Å². The lowest BCUT2D eigenvalue weighted by Crippen LogP contribution is -2.51. The third-order valence-corrected chi connectivity index (χ3v) is 6.54. The molecule has 0 atom stereocenters. The van der Waals surface area contributed by atoms with Gasteiger partial charge in [0.05, 0.1) is 23.9 Å². The lowest BCUT2D eigenvalue weighted by atomic mass is 10.1. The van der Waals surface area contributed by atoms with E-state index in [1.54, 1.807) is 22.3 Å². The topological polar surface area (TPSA) is 71.1 Å². The third-order valence-electron chi connectivity index (χ3n) is 5.65. The fraction of sp³-hybridized carbons (Fsp3) is 0.261. The molecule has 1 aliphatic rings. The third kappa shape index (κ3) is 3.86. The lowest BCUT2D eigenvalue weighted by molar-refractivity contribution is -0.132. The molecule has 1 aromatic carbocycles. The maximum absolute atomic E-state index is 12.9. The molecule has 8 heteroatoms. The number of carbonyl (C=O) groups is 2. The molecule has 1 aliphatic heterocycles. The molecular formula is C23H22N4O3S. The van der Waals surface area contributed by atoms with E-state index in [0.717, 1.165) is 21.9 Å². The van der Waals surface area contributed by atoms with Gasteiger partial charge in [0.2, 0.25) is 5.91 Å². The van der Waals surface area contributed by atoms with Crippen LogP contribution < -0.4 is 0 Å². The number of hydrogen-bond acceptors (Lipinski definition) is 5. The zero-order valence-corrected chi connectivity index (χ0v) is 18.0. The number of thiazole rings is 1. The fourth-order valence-corrected chi connectivity index (χ4v) is 4.69. The molecule has 0 bridgehead atoms. The highest BCUT2D eigenvalue weighted by Crippen LogP contribution is 2.24. The minimum absolute atomic E-state index is 0.0533. The zero-order valence-electron chi connectivity index (χ0n) is 17.2. The highest BCUT2D eigenvalue weighted by molar-refractivity contribution is 7.15. The van der Waals surface area contributed by atoms with E-state index in [0.29, 0.717) is 38.2 Å². The second kappa shape index (κ2) is 8.03. The summed E-state index contributed by atoms with van der Waals surface area (Å²) in [7, 11) is 0. The number of furan rings is 1. The number of rotatable bonds is 4. The second-order valence-corrected chi connectivity index (χ2v) is 8.57. The molecule has 4 heterocycles. The van der Waals surface area contributed by atoms with Crippen molar-refractivity contribution in [1.82, 2.24) is 19.2 Å². The van der Waals surface area contributed by atoms with Crippen LogP contribution in [0.2, 0.25) is 0 Å². The van der Waals surface area contributed by atoms with Gasteiger partial charge < -0.3 is 14.2 Å². The molecule has 158 valence electrons. The standard InChI is InChI=1S/C23H22N4O3S/c1-16-2-4-17(5-3-16)20-13-27-19(15-31-23(27)24-20)12-21(28)25-7-9-26(10-8-25)22(29)18-6-11-30-14-18/h2-6,11,13-15H,7-10,12H2,1H3. The van der Waals surface area contributed by atoms with Crippen LogP contribution in [0.4, 0.5) is 0 Å². The van der Waals surface area contributed by atoms with E-state index >= 15 is 0 Å². The van der Waals surface area contributed by atoms with Gasteiger partial charge in [0.15, 0.2) is 4.96 Å². The first kappa shape index (κ1) is 19.6. The molecule has 3 aromatic heterocycles. The number of hydrogen-bond donors (Lipinski definition) is 0. The van der Waals surface area contributed by atoms with Gasteiger partial charge in [0.1, 0.15) is 6.26 Å². The van der Waals surface area contributed by atoms with E-state index in [2.05, 4.69) is 31.2 Å². The predicted molar refractivity (Wildman–Crippen MR) is 118 cm³/mol. The van der Waals surface area contributed by atoms with Crippen LogP contribution in [-0.4, -0.2) is 57.2 Å². The molecule has 1 fully saturated rings. The molecule has 5 rings (SSSR count). The quantitative estimate of drug-likeness (QED) is 0.493. The van der Waals surface area contributed by atoms with E-state index < -0.39 is 0 Å². The van der Waals surface area contributed by atoms with Gasteiger partial charge in [-0.3, -0.25) is 14.0 Å². The lowest BCUT2D eigenvalue weighted by Gasteiger charge is -2.34. The Morgan fingerprint density at radius 1 is 1.06 bits per heavy atom. The normalized spacial score (nSPS) is 14.4. The smallest absolute Gasteiger partial charge is 0.257 e. The number of carbonyl (C=O) groups excluding carboxylic acids is 2. The van der Waals surface area contributed by atoms with Gasteiger partial charge in [-0.15, -0.1) is 11.3 Å². The molecule has 31 heavy (non-hydrogen) atoms. The van der Waals surface area contributed by atoms with E-state index in [1.807, 2.05) is 20.9 Å². The summed E-state index contributed by atoms with van der Waals surface area (Å²) in [5, 5.41) is 2.00. The summed E-state index contributed by atoms with van der Waals surface area (Å²) >= 11 is 1.54. The first-order chi connectivity index (χ1) is 15.1. The van der Waals surface area contributed by atoms with Crippen LogP contribution in [0.3, 0.4) is 0 Å². The summed E-state index contributed by atoms with van der Waals surface area (Å²) in [5.74, 6) is 0.0168. The van der Waals surface area contributed by atoms with Gasteiger partial charge >= 0.3 is 0 Å². The summed E-state index contributed by atoms with van der Waals surface area (Å²) in [5.41, 5.74) is 4.67. The largest absolute Gasteiger partial charge is 0.472 e. The minimum Gasteiger partial charge on any atom is -0.472 e. The first-order valence-corrected chi connectivity index (χ1v) is 11.1. The Kier molecular flexibility index (Phi) is 5.07. The maximum Gasteiger partial charge on any atom is 0.257 e. The van der Waals surface area contributed by atoms with Crippen molar-refractivity contribution < 1.29 is 14.0 Å². The molecule has 4 aromatic rings. The SMILES string of the molecule is Cc1ccc(-c2cn3c(CC(=O)N4CCN(C(=O)c5ccoc5)CC4)csc3n2)cc1. The highest BCUT2D eigenvalue weighted by Gasteiger charge is 2.26. The maximum atomic E-state index is 12.9. The van der Waals surface area contributed by atoms with Gasteiger partial charge in [0, 0.05) is 49.0 Å². The summed E-state index contributed by atoms with van der Waals surface area (Å²) in [6, 6.07) is 9.94. The Balaban J connectivity index is 1.24. The first-order valence-electron chi connectivity index (χ1n) is 10.2. The second-order valence-electron chi connectivity index (χ2n) is 7.73. The number of benzene rings is 1. The number of amides is 2. The van der Waals surface area contributed by atoms with Crippen LogP contribution >= 0.6 is 11.3 Å². The predicted octanol–water partition coefficient (Wildman–Crippen LogP) is 3.49. The monoisotopic (exact) mass is 434 g/mol. The van der Waals surface area contributed by atoms with Gasteiger partial charge in [-0.05, 0) is 13.0 Å². The van der Waals surface area contributed by atoms with Gasteiger partial charge in [-0.2, -0.15) is 0 Å². The summed E-state index contributed by atoms with van der Waals surface area (Å²) < 4.78 is 7.01. The Morgan fingerprint density at radius 3 is 2.52 bits per heavy atom. The van der Waals surface area contributed by atoms with Gasteiger partial charge in [-0.1, -0.05) is 29.8 Å². The van der Waals surface area contributed by atoms with Gasteiger partial charge in [-0.25, -0.2) is 4.98 Å². The van der Waals surface area contributed by atoms with Gasteiger partial charge in [0.25, 0.3) is 5.91 Å². The van der Waals surface area contributed by atoms with Crippen LogP contribution in [-0.2, 0) is 11.2 Å². The molecule has 1 saturated heterocycles. The molecule has 2 amide bonds. The fourth-order valence-electron chi connectivity index (χ4n) is 3.81. The Labute approximate surface area is 183 Å².